The number of amides is 1. The first kappa shape index (κ1) is 14.3. The summed E-state index contributed by atoms with van der Waals surface area (Å²) in [6, 6.07) is 3.48. The van der Waals surface area contributed by atoms with Crippen molar-refractivity contribution in [2.45, 2.75) is 45.4 Å². The fraction of sp³-hybridized carbons (Fsp3) is 0.600. The molecule has 1 saturated carbocycles. The fourth-order valence-corrected chi connectivity index (χ4v) is 2.57. The molecule has 2 rings (SSSR count). The molecule has 0 bridgehead atoms. The van der Waals surface area contributed by atoms with Gasteiger partial charge in [-0.3, -0.25) is 4.79 Å². The number of aryl methyl sites for hydroxylation is 1. The Labute approximate surface area is 119 Å². The highest BCUT2D eigenvalue weighted by Gasteiger charge is 2.17. The summed E-state index contributed by atoms with van der Waals surface area (Å²) in [5.74, 6) is 0.776. The molecule has 0 radical (unpaired) electrons. The van der Waals surface area contributed by atoms with Crippen molar-refractivity contribution in [3.63, 3.8) is 0 Å². The predicted octanol–water partition coefficient (Wildman–Crippen LogP) is 3.61. The maximum Gasteiger partial charge on any atom is 0.251 e. The first-order chi connectivity index (χ1) is 9.19. The second kappa shape index (κ2) is 6.90. The number of hydrogen-bond donors (Lipinski definition) is 1. The van der Waals surface area contributed by atoms with E-state index in [0.29, 0.717) is 10.7 Å². The smallest absolute Gasteiger partial charge is 0.251 e. The van der Waals surface area contributed by atoms with Crippen LogP contribution in [-0.2, 0) is 6.42 Å². The molecule has 0 aliphatic heterocycles. The summed E-state index contributed by atoms with van der Waals surface area (Å²) < 4.78 is 0. The molecule has 1 aliphatic rings. The average Bonchev–Trinajstić information content (AvgIpc) is 2.31. The van der Waals surface area contributed by atoms with E-state index in [2.05, 4.69) is 17.2 Å². The predicted molar refractivity (Wildman–Crippen MR) is 77.5 cm³/mol. The molecule has 0 saturated heterocycles. The van der Waals surface area contributed by atoms with Crippen LogP contribution in [0.2, 0.25) is 5.15 Å². The minimum absolute atomic E-state index is 0.0408. The van der Waals surface area contributed by atoms with Crippen LogP contribution < -0.4 is 5.32 Å². The Kier molecular flexibility index (Phi) is 5.20. The molecule has 1 aliphatic carbocycles. The van der Waals surface area contributed by atoms with Crippen LogP contribution in [0.5, 0.6) is 0 Å². The van der Waals surface area contributed by atoms with Gasteiger partial charge in [-0.1, -0.05) is 44.2 Å². The van der Waals surface area contributed by atoms with E-state index in [0.717, 1.165) is 37.4 Å². The van der Waals surface area contributed by atoms with E-state index in [1.165, 1.54) is 19.3 Å². The summed E-state index contributed by atoms with van der Waals surface area (Å²) >= 11 is 5.95. The number of rotatable bonds is 6. The van der Waals surface area contributed by atoms with Gasteiger partial charge in [0.1, 0.15) is 5.15 Å². The summed E-state index contributed by atoms with van der Waals surface area (Å²) in [7, 11) is 0. The molecule has 1 aromatic rings. The van der Waals surface area contributed by atoms with Gasteiger partial charge in [0.15, 0.2) is 0 Å². The standard InChI is InChI=1S/C15H21ClN2O/c1-2-4-13-9-12(10-14(16)18-13)15(19)17-8-7-11-5-3-6-11/h9-11H,2-8H2,1H3,(H,17,19). The van der Waals surface area contributed by atoms with Crippen molar-refractivity contribution in [3.05, 3.63) is 28.5 Å². The quantitative estimate of drug-likeness (QED) is 0.809. The Hall–Kier alpha value is -1.09. The van der Waals surface area contributed by atoms with Gasteiger partial charge >= 0.3 is 0 Å². The maximum absolute atomic E-state index is 12.0. The Balaban J connectivity index is 1.89. The molecule has 1 N–H and O–H groups in total. The van der Waals surface area contributed by atoms with Gasteiger partial charge in [-0.15, -0.1) is 0 Å². The zero-order valence-electron chi connectivity index (χ0n) is 11.4. The highest BCUT2D eigenvalue weighted by atomic mass is 35.5. The van der Waals surface area contributed by atoms with Crippen LogP contribution in [0.25, 0.3) is 0 Å². The minimum atomic E-state index is -0.0408. The largest absolute Gasteiger partial charge is 0.352 e. The van der Waals surface area contributed by atoms with Crippen molar-refractivity contribution in [1.82, 2.24) is 10.3 Å². The van der Waals surface area contributed by atoms with Gasteiger partial charge in [0.05, 0.1) is 0 Å². The summed E-state index contributed by atoms with van der Waals surface area (Å²) in [6.45, 7) is 2.84. The molecule has 0 atom stereocenters. The number of nitrogens with zero attached hydrogens (tertiary/aromatic N) is 1. The van der Waals surface area contributed by atoms with Crippen molar-refractivity contribution in [3.8, 4) is 0 Å². The van der Waals surface area contributed by atoms with Crippen LogP contribution in [0.4, 0.5) is 0 Å². The van der Waals surface area contributed by atoms with E-state index in [9.17, 15) is 4.79 Å². The van der Waals surface area contributed by atoms with Gasteiger partial charge in [0.25, 0.3) is 5.91 Å². The van der Waals surface area contributed by atoms with Crippen molar-refractivity contribution < 1.29 is 4.79 Å². The Morgan fingerprint density at radius 3 is 2.89 bits per heavy atom. The minimum Gasteiger partial charge on any atom is -0.352 e. The highest BCUT2D eigenvalue weighted by molar-refractivity contribution is 6.29. The zero-order chi connectivity index (χ0) is 13.7. The molecule has 0 spiro atoms. The Morgan fingerprint density at radius 1 is 1.47 bits per heavy atom. The number of aromatic nitrogens is 1. The molecule has 4 heteroatoms. The number of carbonyl (C=O) groups excluding carboxylic acids is 1. The molecular formula is C15H21ClN2O. The van der Waals surface area contributed by atoms with E-state index in [1.54, 1.807) is 6.07 Å². The Bertz CT molecular complexity index is 444. The van der Waals surface area contributed by atoms with Crippen molar-refractivity contribution in [1.29, 1.82) is 0 Å². The Morgan fingerprint density at radius 2 is 2.26 bits per heavy atom. The summed E-state index contributed by atoms with van der Waals surface area (Å²) in [4.78, 5) is 16.3. The van der Waals surface area contributed by atoms with Gasteiger partial charge in [-0.2, -0.15) is 0 Å². The summed E-state index contributed by atoms with van der Waals surface area (Å²) in [5, 5.41) is 3.37. The normalized spacial score (nSPS) is 15.1. The van der Waals surface area contributed by atoms with E-state index >= 15 is 0 Å². The topological polar surface area (TPSA) is 42.0 Å². The number of hydrogen-bond acceptors (Lipinski definition) is 2. The maximum atomic E-state index is 12.0. The van der Waals surface area contributed by atoms with Gasteiger partial charge < -0.3 is 5.32 Å². The van der Waals surface area contributed by atoms with E-state index < -0.39 is 0 Å². The van der Waals surface area contributed by atoms with E-state index in [4.69, 9.17) is 11.6 Å². The van der Waals surface area contributed by atoms with E-state index in [1.807, 2.05) is 6.07 Å². The molecule has 104 valence electrons. The van der Waals surface area contributed by atoms with Crippen LogP contribution in [-0.4, -0.2) is 17.4 Å². The number of nitrogens with one attached hydrogen (secondary N) is 1. The average molecular weight is 281 g/mol. The molecule has 19 heavy (non-hydrogen) atoms. The fourth-order valence-electron chi connectivity index (χ4n) is 2.34. The second-order valence-electron chi connectivity index (χ2n) is 5.26. The van der Waals surface area contributed by atoms with Crippen LogP contribution >= 0.6 is 11.6 Å². The van der Waals surface area contributed by atoms with Crippen LogP contribution in [0.15, 0.2) is 12.1 Å². The summed E-state index contributed by atoms with van der Waals surface area (Å²) in [6.07, 6.45) is 6.92. The van der Waals surface area contributed by atoms with E-state index in [-0.39, 0.29) is 5.91 Å². The molecular weight excluding hydrogens is 260 g/mol. The first-order valence-electron chi connectivity index (χ1n) is 7.13. The molecule has 0 aromatic carbocycles. The number of carbonyl (C=O) groups is 1. The highest BCUT2D eigenvalue weighted by Crippen LogP contribution is 2.28. The van der Waals surface area contributed by atoms with Crippen LogP contribution in [0.1, 0.15) is 55.1 Å². The van der Waals surface area contributed by atoms with Crippen molar-refractivity contribution in [2.24, 2.45) is 5.92 Å². The van der Waals surface area contributed by atoms with Crippen molar-refractivity contribution in [2.75, 3.05) is 6.54 Å². The van der Waals surface area contributed by atoms with Crippen LogP contribution in [0, 0.1) is 5.92 Å². The molecule has 3 nitrogen and oxygen atoms in total. The summed E-state index contributed by atoms with van der Waals surface area (Å²) in [5.41, 5.74) is 1.51. The molecule has 1 aromatic heterocycles. The van der Waals surface area contributed by atoms with Crippen LogP contribution in [0.3, 0.4) is 0 Å². The number of pyridine rings is 1. The lowest BCUT2D eigenvalue weighted by molar-refractivity contribution is 0.0948. The first-order valence-corrected chi connectivity index (χ1v) is 7.51. The monoisotopic (exact) mass is 280 g/mol. The molecule has 0 unspecified atom stereocenters. The lowest BCUT2D eigenvalue weighted by atomic mass is 9.83. The van der Waals surface area contributed by atoms with Gasteiger partial charge in [0, 0.05) is 17.8 Å². The lowest BCUT2D eigenvalue weighted by Crippen LogP contribution is -2.27. The SMILES string of the molecule is CCCc1cc(C(=O)NCCC2CCC2)cc(Cl)n1. The van der Waals surface area contributed by atoms with Crippen molar-refractivity contribution >= 4 is 17.5 Å². The van der Waals surface area contributed by atoms with Gasteiger partial charge in [-0.25, -0.2) is 4.98 Å². The third kappa shape index (κ3) is 4.20. The zero-order valence-corrected chi connectivity index (χ0v) is 12.2. The van der Waals surface area contributed by atoms with Gasteiger partial charge in [-0.05, 0) is 30.9 Å². The molecule has 1 fully saturated rings. The molecule has 1 amide bonds. The third-order valence-electron chi connectivity index (χ3n) is 3.68. The number of halogens is 1. The molecule has 1 heterocycles. The third-order valence-corrected chi connectivity index (χ3v) is 3.87. The second-order valence-corrected chi connectivity index (χ2v) is 5.65. The lowest BCUT2D eigenvalue weighted by Gasteiger charge is -2.25. The van der Waals surface area contributed by atoms with Gasteiger partial charge in [0.2, 0.25) is 0 Å².